The summed E-state index contributed by atoms with van der Waals surface area (Å²) in [5.74, 6) is 0.846. The van der Waals surface area contributed by atoms with Crippen LogP contribution in [0.25, 0.3) is 0 Å². The van der Waals surface area contributed by atoms with Crippen LogP contribution in [0, 0.1) is 0 Å². The molecule has 7 nitrogen and oxygen atoms in total. The monoisotopic (exact) mass is 458 g/mol. The van der Waals surface area contributed by atoms with Crippen LogP contribution in [0.3, 0.4) is 0 Å². The molecule has 29 heavy (non-hydrogen) atoms. The molecule has 0 bridgehead atoms. The van der Waals surface area contributed by atoms with Gasteiger partial charge in [0.15, 0.2) is 19.7 Å². The van der Waals surface area contributed by atoms with Gasteiger partial charge in [-0.2, -0.15) is 0 Å². The highest BCUT2D eigenvalue weighted by Gasteiger charge is 2.35. The Balaban J connectivity index is 1.39. The fraction of sp³-hybridized carbons (Fsp3) is 0.632. The molecule has 3 fully saturated rings. The minimum absolute atomic E-state index is 0.00453. The van der Waals surface area contributed by atoms with E-state index in [9.17, 15) is 21.6 Å². The zero-order valence-electron chi connectivity index (χ0n) is 16.2. The largest absolute Gasteiger partial charge is 0.336 e. The summed E-state index contributed by atoms with van der Waals surface area (Å²) in [4.78, 5) is 18.0. The summed E-state index contributed by atoms with van der Waals surface area (Å²) in [6.45, 7) is 2.52. The van der Waals surface area contributed by atoms with Crippen molar-refractivity contribution in [1.82, 2.24) is 9.80 Å². The molecule has 0 radical (unpaired) electrons. The lowest BCUT2D eigenvalue weighted by molar-refractivity contribution is 0.0584. The maximum atomic E-state index is 13.1. The van der Waals surface area contributed by atoms with Gasteiger partial charge in [0, 0.05) is 42.4 Å². The maximum Gasteiger partial charge on any atom is 0.255 e. The number of amides is 1. The molecular weight excluding hydrogens is 432 g/mol. The van der Waals surface area contributed by atoms with Crippen LogP contribution in [0.2, 0.25) is 0 Å². The molecule has 2 atom stereocenters. The van der Waals surface area contributed by atoms with E-state index in [0.29, 0.717) is 44.6 Å². The molecule has 0 saturated carbocycles. The quantitative estimate of drug-likeness (QED) is 0.662. The molecule has 1 aromatic carbocycles. The fourth-order valence-corrected chi connectivity index (χ4v) is 9.69. The Labute approximate surface area is 176 Å². The van der Waals surface area contributed by atoms with Gasteiger partial charge in [0.05, 0.1) is 28.6 Å². The van der Waals surface area contributed by atoms with Crippen molar-refractivity contribution in [2.24, 2.45) is 0 Å². The van der Waals surface area contributed by atoms with E-state index in [-0.39, 0.29) is 40.2 Å². The zero-order chi connectivity index (χ0) is 20.6. The van der Waals surface area contributed by atoms with Crippen molar-refractivity contribution in [2.75, 3.05) is 49.2 Å². The first kappa shape index (κ1) is 21.1. The van der Waals surface area contributed by atoms with E-state index in [0.717, 1.165) is 4.90 Å². The highest BCUT2D eigenvalue weighted by molar-refractivity contribution is 8.02. The van der Waals surface area contributed by atoms with Crippen LogP contribution in [0.15, 0.2) is 29.2 Å². The van der Waals surface area contributed by atoms with E-state index >= 15 is 0 Å². The van der Waals surface area contributed by atoms with Gasteiger partial charge in [0.25, 0.3) is 5.91 Å². The van der Waals surface area contributed by atoms with E-state index in [1.54, 1.807) is 0 Å². The third kappa shape index (κ3) is 4.98. The van der Waals surface area contributed by atoms with Gasteiger partial charge in [0.2, 0.25) is 0 Å². The molecule has 3 heterocycles. The van der Waals surface area contributed by atoms with E-state index < -0.39 is 19.7 Å². The third-order valence-electron chi connectivity index (χ3n) is 5.93. The second-order valence-electron chi connectivity index (χ2n) is 8.02. The topological polar surface area (TPSA) is 91.8 Å². The van der Waals surface area contributed by atoms with Crippen molar-refractivity contribution in [3.63, 3.8) is 0 Å². The Morgan fingerprint density at radius 1 is 0.897 bits per heavy atom. The normalized spacial score (nSPS) is 29.2. The predicted octanol–water partition coefficient (Wildman–Crippen LogP) is 0.911. The lowest BCUT2D eigenvalue weighted by Crippen LogP contribution is -2.52. The van der Waals surface area contributed by atoms with Crippen molar-refractivity contribution in [1.29, 1.82) is 0 Å². The Morgan fingerprint density at radius 2 is 1.55 bits per heavy atom. The summed E-state index contributed by atoms with van der Waals surface area (Å²) in [6, 6.07) is 7.49. The first-order valence-electron chi connectivity index (χ1n) is 9.92. The molecule has 0 aliphatic carbocycles. The summed E-state index contributed by atoms with van der Waals surface area (Å²) in [5, 5.41) is -0.00453. The Bertz CT molecular complexity index is 985. The molecule has 160 valence electrons. The summed E-state index contributed by atoms with van der Waals surface area (Å²) >= 11 is 1.49. The number of benzene rings is 1. The first-order valence-corrected chi connectivity index (χ1v) is 14.4. The molecule has 0 N–H and O–H groups in total. The van der Waals surface area contributed by atoms with Crippen molar-refractivity contribution < 1.29 is 21.6 Å². The third-order valence-corrected chi connectivity index (χ3v) is 11.0. The number of thioether (sulfide) groups is 1. The van der Waals surface area contributed by atoms with Crippen molar-refractivity contribution in [2.45, 2.75) is 29.0 Å². The molecule has 3 saturated heterocycles. The zero-order valence-corrected chi connectivity index (χ0v) is 18.6. The Morgan fingerprint density at radius 3 is 2.17 bits per heavy atom. The van der Waals surface area contributed by atoms with Gasteiger partial charge in [-0.1, -0.05) is 12.1 Å². The molecule has 10 heteroatoms. The second-order valence-corrected chi connectivity index (χ2v) is 13.8. The Hall–Kier alpha value is -1.10. The molecule has 3 aliphatic heterocycles. The van der Waals surface area contributed by atoms with Crippen LogP contribution in [-0.2, 0) is 19.7 Å². The van der Waals surface area contributed by atoms with Gasteiger partial charge in [-0.25, -0.2) is 16.8 Å². The molecule has 2 unspecified atom stereocenters. The van der Waals surface area contributed by atoms with Crippen molar-refractivity contribution in [3.8, 4) is 0 Å². The van der Waals surface area contributed by atoms with Gasteiger partial charge in [0.1, 0.15) is 0 Å². The number of carbonyl (C=O) groups is 1. The van der Waals surface area contributed by atoms with Gasteiger partial charge in [-0.3, -0.25) is 9.69 Å². The minimum atomic E-state index is -2.96. The summed E-state index contributed by atoms with van der Waals surface area (Å²) in [7, 11) is -5.87. The van der Waals surface area contributed by atoms with Gasteiger partial charge < -0.3 is 4.90 Å². The number of nitrogens with zero attached hydrogens (tertiary/aromatic N) is 2. The van der Waals surface area contributed by atoms with Crippen molar-refractivity contribution in [3.05, 3.63) is 29.8 Å². The van der Waals surface area contributed by atoms with Crippen LogP contribution < -0.4 is 0 Å². The Kier molecular flexibility index (Phi) is 5.98. The molecule has 1 aromatic rings. The van der Waals surface area contributed by atoms with E-state index in [2.05, 4.69) is 4.90 Å². The van der Waals surface area contributed by atoms with Gasteiger partial charge in [-0.05, 0) is 25.0 Å². The van der Waals surface area contributed by atoms with Crippen LogP contribution >= 0.6 is 11.8 Å². The maximum absolute atomic E-state index is 13.1. The lowest BCUT2D eigenvalue weighted by Gasteiger charge is -2.37. The molecule has 3 aliphatic rings. The molecule has 1 amide bonds. The van der Waals surface area contributed by atoms with Crippen LogP contribution in [0.1, 0.15) is 23.2 Å². The standard InChI is InChI=1S/C19H26N2O5S3/c22-19(21-9-7-20(8-10-21)15-5-11-28(23,24)13-15)17-3-1-2-4-18(17)27-16-6-12-29(25,26)14-16/h1-4,15-16H,5-14H2. The number of hydrogen-bond acceptors (Lipinski definition) is 7. The average Bonchev–Trinajstić information content (AvgIpc) is 3.22. The van der Waals surface area contributed by atoms with Gasteiger partial charge in [-0.15, -0.1) is 11.8 Å². The SMILES string of the molecule is O=C(c1ccccc1SC1CCS(=O)(=O)C1)N1CCN(C2CCS(=O)(=O)C2)CC1. The minimum Gasteiger partial charge on any atom is -0.336 e. The highest BCUT2D eigenvalue weighted by atomic mass is 32.2. The van der Waals surface area contributed by atoms with E-state index in [1.807, 2.05) is 29.2 Å². The number of rotatable bonds is 4. The summed E-state index contributed by atoms with van der Waals surface area (Å²) in [6.07, 6.45) is 1.30. The number of carbonyl (C=O) groups excluding carboxylic acids is 1. The van der Waals surface area contributed by atoms with E-state index in [4.69, 9.17) is 0 Å². The number of hydrogen-bond donors (Lipinski definition) is 0. The second kappa shape index (κ2) is 8.20. The highest BCUT2D eigenvalue weighted by Crippen LogP contribution is 2.33. The molecule has 0 aromatic heterocycles. The molecule has 0 spiro atoms. The lowest BCUT2D eigenvalue weighted by atomic mass is 10.1. The average molecular weight is 459 g/mol. The smallest absolute Gasteiger partial charge is 0.255 e. The predicted molar refractivity (Wildman–Crippen MR) is 114 cm³/mol. The summed E-state index contributed by atoms with van der Waals surface area (Å²) in [5.41, 5.74) is 0.624. The van der Waals surface area contributed by atoms with Gasteiger partial charge >= 0.3 is 0 Å². The summed E-state index contributed by atoms with van der Waals surface area (Å²) < 4.78 is 47.0. The molecule has 4 rings (SSSR count). The molecular formula is C19H26N2O5S3. The van der Waals surface area contributed by atoms with Crippen LogP contribution in [-0.4, -0.2) is 93.0 Å². The first-order chi connectivity index (χ1) is 13.7. The number of sulfone groups is 2. The van der Waals surface area contributed by atoms with Crippen LogP contribution in [0.4, 0.5) is 0 Å². The van der Waals surface area contributed by atoms with Crippen LogP contribution in [0.5, 0.6) is 0 Å². The van der Waals surface area contributed by atoms with E-state index in [1.165, 1.54) is 11.8 Å². The fourth-order valence-electron chi connectivity index (χ4n) is 4.30. The van der Waals surface area contributed by atoms with Crippen molar-refractivity contribution >= 4 is 37.3 Å². The number of piperazine rings is 1.